The van der Waals surface area contributed by atoms with Gasteiger partial charge in [-0.25, -0.2) is 0 Å². The van der Waals surface area contributed by atoms with Crippen molar-refractivity contribution in [1.29, 1.82) is 0 Å². The first-order valence-corrected chi connectivity index (χ1v) is 7.69. The molecule has 0 saturated heterocycles. The van der Waals surface area contributed by atoms with E-state index >= 15 is 0 Å². The van der Waals surface area contributed by atoms with Gasteiger partial charge >= 0.3 is 0 Å². The number of rotatable bonds is 17. The van der Waals surface area contributed by atoms with E-state index in [1.165, 1.54) is 26.2 Å². The third kappa shape index (κ3) is 19.0. The second-order valence-electron chi connectivity index (χ2n) is 4.81. The average molecular weight is 245 g/mol. The average Bonchev–Trinajstić information content (AvgIpc) is 2.49. The Bertz CT molecular complexity index is 190. The van der Waals surface area contributed by atoms with E-state index in [4.69, 9.17) is 7.74 Å². The van der Waals surface area contributed by atoms with Crippen LogP contribution in [0.15, 0.2) is 0 Å². The zero-order valence-electron chi connectivity index (χ0n) is 13.4. The highest BCUT2D eigenvalue weighted by Crippen LogP contribution is 1.98. The fraction of sp³-hybridized carbons (Fsp3) is 1.00. The second-order valence-corrected chi connectivity index (χ2v) is 4.81. The lowest BCUT2D eigenvalue weighted by Crippen LogP contribution is -2.36. The minimum Gasteiger partial charge on any atom is -0.0934 e. The third-order valence-electron chi connectivity index (χ3n) is 2.79. The fourth-order valence-electron chi connectivity index (χ4n) is 1.58. The first-order valence-electron chi connectivity index (χ1n) is 7.69. The summed E-state index contributed by atoms with van der Waals surface area (Å²) in [5.74, 6) is 0. The maximum atomic E-state index is 5.21. The topological polar surface area (TPSA) is 0 Å². The zero-order valence-corrected chi connectivity index (χ0v) is 13.4. The molecule has 0 aliphatic rings. The molecule has 80 valence electrons. The van der Waals surface area contributed by atoms with Gasteiger partial charge in [0.05, 0.1) is 6.60 Å². The van der Waals surface area contributed by atoms with Crippen molar-refractivity contribution in [2.45, 2.75) is 32.9 Å². The molecular formula is C5H12B16. The molecule has 0 aromatic heterocycles. The van der Waals surface area contributed by atoms with Crippen molar-refractivity contribution in [3.8, 4) is 0 Å². The van der Waals surface area contributed by atoms with Gasteiger partial charge in [0.25, 0.3) is 0 Å². The lowest BCUT2D eigenvalue weighted by Gasteiger charge is -2.05. The van der Waals surface area contributed by atoms with Gasteiger partial charge in [0, 0.05) is 107 Å². The first kappa shape index (κ1) is 22.0. The quantitative estimate of drug-likeness (QED) is 0.182. The summed E-state index contributed by atoms with van der Waals surface area (Å²) in [7, 11) is 32.8. The maximum Gasteiger partial charge on any atom is 0.0870 e. The monoisotopic (exact) mass is 248 g/mol. The highest BCUT2D eigenvalue weighted by Gasteiger charge is 2.06. The molecule has 0 N–H and O–H groups in total. The van der Waals surface area contributed by atoms with Gasteiger partial charge in [-0.05, 0) is 0 Å². The molecule has 0 rings (SSSR count). The smallest absolute Gasteiger partial charge is 0.0870 e. The SMILES string of the molecule is [B][B][B][B][B][B][B][B][B][B][B][B][B][B][B]B(C)CCCC. The molecular weight excluding hydrogens is 233 g/mol. The van der Waals surface area contributed by atoms with Crippen molar-refractivity contribution in [3.63, 3.8) is 0 Å². The van der Waals surface area contributed by atoms with Crippen LogP contribution in [-0.2, 0) is 0 Å². The van der Waals surface area contributed by atoms with E-state index in [1.54, 1.807) is 7.06 Å². The minimum absolute atomic E-state index is 0.672. The zero-order chi connectivity index (χ0) is 15.6. The van der Waals surface area contributed by atoms with Gasteiger partial charge in [0.2, 0.25) is 0 Å². The van der Waals surface area contributed by atoms with Gasteiger partial charge in [0.1, 0.15) is 0 Å². The lowest BCUT2D eigenvalue weighted by molar-refractivity contribution is 0.878. The Balaban J connectivity index is 3.02. The molecule has 0 aromatic carbocycles. The first-order chi connectivity index (χ1) is 10.3. The van der Waals surface area contributed by atoms with Crippen LogP contribution in [0.2, 0.25) is 13.1 Å². The van der Waals surface area contributed by atoms with Crippen LogP contribution in [0.5, 0.6) is 0 Å². The van der Waals surface area contributed by atoms with E-state index in [1.807, 2.05) is 63.5 Å². The van der Waals surface area contributed by atoms with Crippen molar-refractivity contribution in [3.05, 3.63) is 0 Å². The van der Waals surface area contributed by atoms with Gasteiger partial charge in [-0.15, -0.1) is 0 Å². The van der Waals surface area contributed by atoms with Crippen LogP contribution in [0.1, 0.15) is 19.8 Å². The highest BCUT2D eigenvalue weighted by atomic mass is 13.7. The summed E-state index contributed by atoms with van der Waals surface area (Å²) in [5.41, 5.74) is 0. The Kier molecular flexibility index (Phi) is 20.0. The Morgan fingerprint density at radius 3 is 1.57 bits per heavy atom. The second kappa shape index (κ2) is 19.1. The van der Waals surface area contributed by atoms with Crippen LogP contribution in [-0.4, -0.2) is 113 Å². The normalized spacial score (nSPS) is 8.29. The van der Waals surface area contributed by atoms with Gasteiger partial charge < -0.3 is 0 Å². The van der Waals surface area contributed by atoms with Crippen molar-refractivity contribution in [2.75, 3.05) is 0 Å². The van der Waals surface area contributed by atoms with Crippen molar-refractivity contribution < 1.29 is 0 Å². The Morgan fingerprint density at radius 2 is 1.14 bits per heavy atom. The van der Waals surface area contributed by atoms with Gasteiger partial charge in [-0.3, -0.25) is 0 Å². The third-order valence-corrected chi connectivity index (χ3v) is 2.79. The molecule has 0 atom stereocenters. The molecule has 16 heteroatoms. The lowest BCUT2D eigenvalue weighted by atomic mass is 8.84. The predicted molar refractivity (Wildman–Crippen MR) is 118 cm³/mol. The highest BCUT2D eigenvalue weighted by molar-refractivity contribution is 7.73. The van der Waals surface area contributed by atoms with Crippen LogP contribution < -0.4 is 0 Å². The number of unbranched alkanes of at least 4 members (excludes halogenated alkanes) is 1. The molecule has 0 saturated carbocycles. The van der Waals surface area contributed by atoms with E-state index in [2.05, 4.69) is 34.9 Å². The molecule has 0 aromatic rings. The van der Waals surface area contributed by atoms with E-state index < -0.39 is 0 Å². The van der Waals surface area contributed by atoms with Crippen LogP contribution in [0.25, 0.3) is 0 Å². The van der Waals surface area contributed by atoms with Crippen LogP contribution in [0.3, 0.4) is 0 Å². The summed E-state index contributed by atoms with van der Waals surface area (Å²) in [5, 5.41) is 0. The minimum atomic E-state index is 0.672. The predicted octanol–water partition coefficient (Wildman–Crippen LogP) is -3.75. The molecule has 0 fully saturated rings. The van der Waals surface area contributed by atoms with Gasteiger partial charge in [-0.1, -0.05) is 32.9 Å². The van der Waals surface area contributed by atoms with Crippen LogP contribution in [0, 0.1) is 0 Å². The maximum absolute atomic E-state index is 5.21. The summed E-state index contributed by atoms with van der Waals surface area (Å²) >= 11 is 0. The van der Waals surface area contributed by atoms with Crippen LogP contribution >= 0.6 is 0 Å². The number of hydrogen-bond acceptors (Lipinski definition) is 0. The molecule has 0 bridgehead atoms. The number of hydrogen-bond donors (Lipinski definition) is 0. The van der Waals surface area contributed by atoms with Crippen molar-refractivity contribution in [1.82, 2.24) is 0 Å². The van der Waals surface area contributed by atoms with E-state index in [0.29, 0.717) is 6.60 Å². The molecule has 0 nitrogen and oxygen atoms in total. The Hall–Kier alpha value is 1.04. The van der Waals surface area contributed by atoms with E-state index in [9.17, 15) is 0 Å². The van der Waals surface area contributed by atoms with E-state index in [-0.39, 0.29) is 0 Å². The molecule has 0 heterocycles. The molecule has 0 aliphatic carbocycles. The van der Waals surface area contributed by atoms with Crippen molar-refractivity contribution in [2.24, 2.45) is 0 Å². The van der Waals surface area contributed by atoms with E-state index in [0.717, 1.165) is 0 Å². The summed E-state index contributed by atoms with van der Waals surface area (Å²) in [4.78, 5) is 0. The molecule has 0 amide bonds. The molecule has 16 radical (unpaired) electrons. The molecule has 21 heavy (non-hydrogen) atoms. The Labute approximate surface area is 146 Å². The van der Waals surface area contributed by atoms with Crippen molar-refractivity contribution >= 4 is 113 Å². The van der Waals surface area contributed by atoms with Gasteiger partial charge in [-0.2, -0.15) is 0 Å². The summed E-state index contributed by atoms with van der Waals surface area (Å²) in [6.45, 7) is 5.17. The summed E-state index contributed by atoms with van der Waals surface area (Å²) in [6.07, 6.45) is 3.86. The fourth-order valence-corrected chi connectivity index (χ4v) is 1.58. The summed E-state index contributed by atoms with van der Waals surface area (Å²) in [6, 6.07) is 0. The summed E-state index contributed by atoms with van der Waals surface area (Å²) < 4.78 is 0. The molecule has 0 aliphatic heterocycles. The Morgan fingerprint density at radius 1 is 0.714 bits per heavy atom. The molecule has 0 unspecified atom stereocenters. The van der Waals surface area contributed by atoms with Gasteiger partial charge in [0.15, 0.2) is 0 Å². The standard InChI is InChI=1S/C5H12B16/c1-3-4-5-21(2)20-19-18-17-16-15-14-13-12-11-10-9-8-7-6/h3-5H2,1-2H3. The largest absolute Gasteiger partial charge is 0.0934 e. The van der Waals surface area contributed by atoms with Crippen LogP contribution in [0.4, 0.5) is 0 Å². The molecule has 0 spiro atoms.